The molecule has 1 amide bonds. The van der Waals surface area contributed by atoms with E-state index in [1.165, 1.54) is 5.56 Å². The van der Waals surface area contributed by atoms with Crippen LogP contribution in [-0.4, -0.2) is 61.8 Å². The molecule has 33 heavy (non-hydrogen) atoms. The lowest BCUT2D eigenvalue weighted by molar-refractivity contribution is 0.0745. The van der Waals surface area contributed by atoms with Crippen LogP contribution in [-0.2, 0) is 0 Å². The van der Waals surface area contributed by atoms with Gasteiger partial charge in [-0.2, -0.15) is 4.68 Å². The van der Waals surface area contributed by atoms with Crippen LogP contribution in [0.3, 0.4) is 0 Å². The zero-order chi connectivity index (χ0) is 22.9. The second-order valence-electron chi connectivity index (χ2n) is 8.46. The quantitative estimate of drug-likeness (QED) is 0.486. The fourth-order valence-corrected chi connectivity index (χ4v) is 4.54. The minimum Gasteiger partial charge on any atom is -0.336 e. The minimum atomic E-state index is 0.0734. The maximum absolute atomic E-state index is 13.4. The predicted octanol–water partition coefficient (Wildman–Crippen LogP) is 3.34. The van der Waals surface area contributed by atoms with Crippen LogP contribution in [0.15, 0.2) is 60.7 Å². The highest BCUT2D eigenvalue weighted by molar-refractivity contribution is 5.96. The minimum absolute atomic E-state index is 0.0734. The van der Waals surface area contributed by atoms with Gasteiger partial charge in [0.2, 0.25) is 5.95 Å². The Balaban J connectivity index is 1.33. The van der Waals surface area contributed by atoms with E-state index in [-0.39, 0.29) is 5.91 Å². The van der Waals surface area contributed by atoms with Crippen molar-refractivity contribution in [3.63, 3.8) is 0 Å². The SMILES string of the molecule is Cc1cccc(-n2c(C)cc(C(=O)N3CCN(c4nnnn4-c4ccccc4)CC3)c2C)c1. The van der Waals surface area contributed by atoms with Crippen LogP contribution in [0.1, 0.15) is 27.3 Å². The van der Waals surface area contributed by atoms with Gasteiger partial charge in [0.15, 0.2) is 0 Å². The Hall–Kier alpha value is -3.94. The smallest absolute Gasteiger partial charge is 0.255 e. The Morgan fingerprint density at radius 1 is 0.848 bits per heavy atom. The number of aromatic nitrogens is 5. The summed E-state index contributed by atoms with van der Waals surface area (Å²) in [5.41, 5.74) is 5.99. The molecule has 0 aliphatic carbocycles. The molecular formula is C25H27N7O. The normalized spacial score (nSPS) is 14.0. The van der Waals surface area contributed by atoms with E-state index >= 15 is 0 Å². The summed E-state index contributed by atoms with van der Waals surface area (Å²) in [7, 11) is 0. The number of hydrogen-bond acceptors (Lipinski definition) is 5. The van der Waals surface area contributed by atoms with Gasteiger partial charge in [0.25, 0.3) is 5.91 Å². The number of carbonyl (C=O) groups is 1. The van der Waals surface area contributed by atoms with Gasteiger partial charge in [-0.1, -0.05) is 35.4 Å². The fraction of sp³-hybridized carbons (Fsp3) is 0.280. The number of carbonyl (C=O) groups excluding carboxylic acids is 1. The average Bonchev–Trinajstić information content (AvgIpc) is 3.44. The van der Waals surface area contributed by atoms with Crippen molar-refractivity contribution in [2.75, 3.05) is 31.1 Å². The number of nitrogens with zero attached hydrogens (tertiary/aromatic N) is 7. The van der Waals surface area contributed by atoms with Gasteiger partial charge in [0, 0.05) is 43.3 Å². The molecule has 1 aliphatic rings. The molecule has 1 aliphatic heterocycles. The molecule has 0 radical (unpaired) electrons. The molecule has 8 nitrogen and oxygen atoms in total. The summed E-state index contributed by atoms with van der Waals surface area (Å²) in [4.78, 5) is 17.5. The second kappa shape index (κ2) is 8.54. The summed E-state index contributed by atoms with van der Waals surface area (Å²) >= 11 is 0. The lowest BCUT2D eigenvalue weighted by Gasteiger charge is -2.34. The molecule has 0 spiro atoms. The van der Waals surface area contributed by atoms with Crippen molar-refractivity contribution in [2.45, 2.75) is 20.8 Å². The molecule has 0 N–H and O–H groups in total. The predicted molar refractivity (Wildman–Crippen MR) is 127 cm³/mol. The van der Waals surface area contributed by atoms with Crippen LogP contribution >= 0.6 is 0 Å². The topological polar surface area (TPSA) is 72.1 Å². The Bertz CT molecular complexity index is 1280. The molecule has 3 heterocycles. The lowest BCUT2D eigenvalue weighted by Crippen LogP contribution is -2.49. The Morgan fingerprint density at radius 3 is 2.30 bits per heavy atom. The highest BCUT2D eigenvalue weighted by Gasteiger charge is 2.27. The number of hydrogen-bond donors (Lipinski definition) is 0. The van der Waals surface area contributed by atoms with Gasteiger partial charge in [-0.25, -0.2) is 0 Å². The number of rotatable bonds is 4. The van der Waals surface area contributed by atoms with Gasteiger partial charge in [-0.3, -0.25) is 4.79 Å². The third-order valence-electron chi connectivity index (χ3n) is 6.22. The molecule has 2 aromatic heterocycles. The van der Waals surface area contributed by atoms with E-state index < -0.39 is 0 Å². The molecule has 8 heteroatoms. The van der Waals surface area contributed by atoms with Gasteiger partial charge < -0.3 is 14.4 Å². The maximum atomic E-state index is 13.4. The third-order valence-corrected chi connectivity index (χ3v) is 6.22. The fourth-order valence-electron chi connectivity index (χ4n) is 4.54. The van der Waals surface area contributed by atoms with E-state index in [9.17, 15) is 4.79 Å². The highest BCUT2D eigenvalue weighted by Crippen LogP contribution is 2.24. The van der Waals surface area contributed by atoms with Crippen molar-refractivity contribution in [1.82, 2.24) is 29.7 Å². The zero-order valence-electron chi connectivity index (χ0n) is 19.1. The van der Waals surface area contributed by atoms with Crippen molar-refractivity contribution < 1.29 is 4.79 Å². The first-order valence-electron chi connectivity index (χ1n) is 11.2. The monoisotopic (exact) mass is 441 g/mol. The van der Waals surface area contributed by atoms with Crippen LogP contribution in [0.2, 0.25) is 0 Å². The van der Waals surface area contributed by atoms with Crippen LogP contribution < -0.4 is 4.90 Å². The number of amides is 1. The third kappa shape index (κ3) is 3.88. The molecular weight excluding hydrogens is 414 g/mol. The summed E-state index contributed by atoms with van der Waals surface area (Å²) in [5, 5.41) is 12.3. The number of tetrazole rings is 1. The van der Waals surface area contributed by atoms with Crippen LogP contribution in [0.5, 0.6) is 0 Å². The number of aryl methyl sites for hydroxylation is 2. The summed E-state index contributed by atoms with van der Waals surface area (Å²) < 4.78 is 3.90. The molecule has 1 fully saturated rings. The van der Waals surface area contributed by atoms with Gasteiger partial charge in [-0.05, 0) is 67.1 Å². The molecule has 0 bridgehead atoms. The molecule has 0 unspecified atom stereocenters. The zero-order valence-corrected chi connectivity index (χ0v) is 19.1. The Kier molecular flexibility index (Phi) is 5.42. The van der Waals surface area contributed by atoms with Gasteiger partial charge in [0.05, 0.1) is 11.3 Å². The largest absolute Gasteiger partial charge is 0.336 e. The summed E-state index contributed by atoms with van der Waals surface area (Å²) in [5.74, 6) is 0.773. The van der Waals surface area contributed by atoms with E-state index in [1.807, 2.05) is 61.2 Å². The Labute approximate surface area is 193 Å². The molecule has 168 valence electrons. The van der Waals surface area contributed by atoms with E-state index in [0.717, 1.165) is 28.3 Å². The molecule has 4 aromatic rings. The van der Waals surface area contributed by atoms with Gasteiger partial charge >= 0.3 is 0 Å². The van der Waals surface area contributed by atoms with Gasteiger partial charge in [-0.15, -0.1) is 0 Å². The number of anilines is 1. The molecule has 0 atom stereocenters. The van der Waals surface area contributed by atoms with E-state index in [1.54, 1.807) is 4.68 Å². The number of piperazine rings is 1. The Morgan fingerprint density at radius 2 is 1.58 bits per heavy atom. The van der Waals surface area contributed by atoms with Crippen LogP contribution in [0.4, 0.5) is 5.95 Å². The van der Waals surface area contributed by atoms with Crippen molar-refractivity contribution in [2.24, 2.45) is 0 Å². The molecule has 2 aromatic carbocycles. The maximum Gasteiger partial charge on any atom is 0.255 e. The van der Waals surface area contributed by atoms with Crippen molar-refractivity contribution >= 4 is 11.9 Å². The van der Waals surface area contributed by atoms with Crippen molar-refractivity contribution in [3.05, 3.63) is 83.2 Å². The highest BCUT2D eigenvalue weighted by atomic mass is 16.2. The first-order chi connectivity index (χ1) is 16.0. The van der Waals surface area contributed by atoms with Crippen LogP contribution in [0.25, 0.3) is 11.4 Å². The van der Waals surface area contributed by atoms with E-state index in [4.69, 9.17) is 0 Å². The summed E-state index contributed by atoms with van der Waals surface area (Å²) in [6, 6.07) is 20.2. The lowest BCUT2D eigenvalue weighted by atomic mass is 10.2. The van der Waals surface area contributed by atoms with Crippen LogP contribution in [0, 0.1) is 20.8 Å². The first kappa shape index (κ1) is 20.9. The van der Waals surface area contributed by atoms with Crippen molar-refractivity contribution in [3.8, 4) is 11.4 Å². The molecule has 5 rings (SSSR count). The summed E-state index contributed by atoms with van der Waals surface area (Å²) in [6.45, 7) is 8.74. The van der Waals surface area contributed by atoms with E-state index in [0.29, 0.717) is 32.1 Å². The van der Waals surface area contributed by atoms with E-state index in [2.05, 4.69) is 50.1 Å². The molecule has 0 saturated carbocycles. The average molecular weight is 442 g/mol. The molecule has 1 saturated heterocycles. The van der Waals surface area contributed by atoms with Gasteiger partial charge in [0.1, 0.15) is 0 Å². The summed E-state index contributed by atoms with van der Waals surface area (Å²) in [6.07, 6.45) is 0. The number of benzene rings is 2. The second-order valence-corrected chi connectivity index (χ2v) is 8.46. The first-order valence-corrected chi connectivity index (χ1v) is 11.2. The standard InChI is InChI=1S/C25H27N7O/c1-18-8-7-11-22(16-18)31-19(2)17-23(20(31)3)24(33)29-12-14-30(15-13-29)25-26-27-28-32(25)21-9-5-4-6-10-21/h4-11,16-17H,12-15H2,1-3H3. The number of para-hydroxylation sites is 1. The van der Waals surface area contributed by atoms with Crippen molar-refractivity contribution in [1.29, 1.82) is 0 Å².